The van der Waals surface area contributed by atoms with Crippen LogP contribution in [0, 0.1) is 0 Å². The van der Waals surface area contributed by atoms with Gasteiger partial charge in [-0.2, -0.15) is 0 Å². The van der Waals surface area contributed by atoms with Crippen LogP contribution < -0.4 is 25.4 Å². The van der Waals surface area contributed by atoms with Crippen molar-refractivity contribution >= 4 is 29.1 Å². The maximum absolute atomic E-state index is 12.3. The lowest BCUT2D eigenvalue weighted by Crippen LogP contribution is -2.19. The third kappa shape index (κ3) is 5.07. The highest BCUT2D eigenvalue weighted by Crippen LogP contribution is 2.30. The largest absolute Gasteiger partial charge is 0.493 e. The number of amides is 3. The minimum absolute atomic E-state index is 0.140. The van der Waals surface area contributed by atoms with E-state index in [1.807, 2.05) is 18.2 Å². The van der Waals surface area contributed by atoms with Gasteiger partial charge in [0.1, 0.15) is 5.82 Å². The first-order valence-corrected chi connectivity index (χ1v) is 8.85. The second-order valence-corrected chi connectivity index (χ2v) is 6.21. The van der Waals surface area contributed by atoms with Crippen molar-refractivity contribution in [1.29, 1.82) is 0 Å². The van der Waals surface area contributed by atoms with E-state index in [0.29, 0.717) is 28.7 Å². The summed E-state index contributed by atoms with van der Waals surface area (Å²) in [7, 11) is 3.09. The van der Waals surface area contributed by atoms with E-state index in [-0.39, 0.29) is 11.9 Å². The fourth-order valence-electron chi connectivity index (χ4n) is 2.78. The summed E-state index contributed by atoms with van der Waals surface area (Å²) in [6.45, 7) is 1.45. The summed E-state index contributed by atoms with van der Waals surface area (Å²) in [6, 6.07) is 14.0. The number of hydrogen-bond acceptors (Lipinski definition) is 4. The van der Waals surface area contributed by atoms with Crippen molar-refractivity contribution in [3.8, 4) is 22.6 Å². The first-order chi connectivity index (χ1) is 14.0. The second-order valence-electron chi connectivity index (χ2n) is 6.21. The maximum atomic E-state index is 12.3. The van der Waals surface area contributed by atoms with Gasteiger partial charge in [0.2, 0.25) is 5.91 Å². The molecule has 0 saturated carbocycles. The zero-order valence-electron chi connectivity index (χ0n) is 16.3. The summed E-state index contributed by atoms with van der Waals surface area (Å²) in [5.74, 6) is 1.60. The predicted octanol–water partition coefficient (Wildman–Crippen LogP) is 4.30. The van der Waals surface area contributed by atoms with Crippen LogP contribution in [0.1, 0.15) is 6.92 Å². The van der Waals surface area contributed by atoms with Crippen LogP contribution in [0.25, 0.3) is 11.1 Å². The lowest BCUT2D eigenvalue weighted by atomic mass is 10.1. The SMILES string of the molecule is COc1ccc(NC(=O)Nc2ccc(-c3c[nH]c(NC(C)=O)c3)cc2)cc1OC. The quantitative estimate of drug-likeness (QED) is 0.500. The lowest BCUT2D eigenvalue weighted by molar-refractivity contribution is -0.114. The van der Waals surface area contributed by atoms with Crippen LogP contribution in [0.2, 0.25) is 0 Å². The summed E-state index contributed by atoms with van der Waals surface area (Å²) in [5, 5.41) is 8.23. The number of nitrogens with one attached hydrogen (secondary N) is 4. The average Bonchev–Trinajstić information content (AvgIpc) is 3.16. The minimum atomic E-state index is -0.375. The van der Waals surface area contributed by atoms with E-state index in [2.05, 4.69) is 20.9 Å². The predicted molar refractivity (Wildman–Crippen MR) is 113 cm³/mol. The molecule has 0 radical (unpaired) electrons. The fraction of sp³-hybridized carbons (Fsp3) is 0.143. The van der Waals surface area contributed by atoms with Gasteiger partial charge in [-0.05, 0) is 35.9 Å². The molecule has 1 heterocycles. The van der Waals surface area contributed by atoms with Crippen molar-refractivity contribution in [1.82, 2.24) is 4.98 Å². The molecule has 3 amide bonds. The fourth-order valence-corrected chi connectivity index (χ4v) is 2.78. The van der Waals surface area contributed by atoms with Gasteiger partial charge in [-0.15, -0.1) is 0 Å². The van der Waals surface area contributed by atoms with Crippen molar-refractivity contribution in [3.63, 3.8) is 0 Å². The number of rotatable bonds is 6. The van der Waals surface area contributed by atoms with Crippen molar-refractivity contribution in [2.75, 3.05) is 30.2 Å². The first kappa shape index (κ1) is 19.8. The van der Waals surface area contributed by atoms with E-state index in [1.165, 1.54) is 14.0 Å². The lowest BCUT2D eigenvalue weighted by Gasteiger charge is -2.11. The summed E-state index contributed by atoms with van der Waals surface area (Å²) in [4.78, 5) is 26.4. The Bertz CT molecular complexity index is 1010. The molecule has 0 fully saturated rings. The van der Waals surface area contributed by atoms with Gasteiger partial charge in [0.25, 0.3) is 0 Å². The number of H-pyrrole nitrogens is 1. The highest BCUT2D eigenvalue weighted by molar-refractivity contribution is 6.00. The number of benzene rings is 2. The molecule has 8 nitrogen and oxygen atoms in total. The number of methoxy groups -OCH3 is 2. The number of ether oxygens (including phenoxy) is 2. The highest BCUT2D eigenvalue weighted by atomic mass is 16.5. The zero-order chi connectivity index (χ0) is 20.8. The Hall–Kier alpha value is -3.94. The molecule has 4 N–H and O–H groups in total. The van der Waals surface area contributed by atoms with Gasteiger partial charge in [0, 0.05) is 36.1 Å². The Morgan fingerprint density at radius 2 is 1.45 bits per heavy atom. The van der Waals surface area contributed by atoms with Gasteiger partial charge in [-0.3, -0.25) is 4.79 Å². The van der Waals surface area contributed by atoms with Crippen LogP contribution in [0.5, 0.6) is 11.5 Å². The molecule has 0 aliphatic carbocycles. The highest BCUT2D eigenvalue weighted by Gasteiger charge is 2.08. The minimum Gasteiger partial charge on any atom is -0.493 e. The average molecular weight is 394 g/mol. The van der Waals surface area contributed by atoms with Crippen LogP contribution in [-0.4, -0.2) is 31.1 Å². The normalized spacial score (nSPS) is 10.2. The number of carbonyl (C=O) groups excluding carboxylic acids is 2. The smallest absolute Gasteiger partial charge is 0.323 e. The Balaban J connectivity index is 1.63. The van der Waals surface area contributed by atoms with Gasteiger partial charge >= 0.3 is 6.03 Å². The molecule has 29 heavy (non-hydrogen) atoms. The van der Waals surface area contributed by atoms with E-state index in [9.17, 15) is 9.59 Å². The molecule has 3 aromatic rings. The van der Waals surface area contributed by atoms with Crippen LogP contribution in [0.15, 0.2) is 54.7 Å². The van der Waals surface area contributed by atoms with Crippen molar-refractivity contribution in [2.45, 2.75) is 6.92 Å². The van der Waals surface area contributed by atoms with Gasteiger partial charge < -0.3 is 30.4 Å². The number of aromatic amines is 1. The van der Waals surface area contributed by atoms with Crippen molar-refractivity contribution < 1.29 is 19.1 Å². The third-order valence-corrected chi connectivity index (χ3v) is 4.11. The van der Waals surface area contributed by atoms with E-state index < -0.39 is 0 Å². The van der Waals surface area contributed by atoms with Crippen molar-refractivity contribution in [3.05, 3.63) is 54.7 Å². The van der Waals surface area contributed by atoms with Gasteiger partial charge in [0.15, 0.2) is 11.5 Å². The summed E-state index contributed by atoms with van der Waals surface area (Å²) in [5.41, 5.74) is 3.10. The monoisotopic (exact) mass is 394 g/mol. The molecule has 0 atom stereocenters. The Kier molecular flexibility index (Phi) is 6.03. The third-order valence-electron chi connectivity index (χ3n) is 4.11. The van der Waals surface area contributed by atoms with Gasteiger partial charge in [-0.25, -0.2) is 4.79 Å². The molecule has 0 aliphatic rings. The molecule has 150 valence electrons. The van der Waals surface area contributed by atoms with E-state index in [4.69, 9.17) is 9.47 Å². The molecular formula is C21H22N4O4. The Morgan fingerprint density at radius 3 is 2.10 bits per heavy atom. The molecule has 8 heteroatoms. The summed E-state index contributed by atoms with van der Waals surface area (Å²) >= 11 is 0. The van der Waals surface area contributed by atoms with E-state index in [0.717, 1.165) is 11.1 Å². The summed E-state index contributed by atoms with van der Waals surface area (Å²) in [6.07, 6.45) is 1.80. The van der Waals surface area contributed by atoms with Crippen LogP contribution in [0.4, 0.5) is 22.0 Å². The van der Waals surface area contributed by atoms with Crippen LogP contribution in [0.3, 0.4) is 0 Å². The Morgan fingerprint density at radius 1 is 0.793 bits per heavy atom. The molecule has 0 aliphatic heterocycles. The number of carbonyl (C=O) groups is 2. The molecule has 3 rings (SSSR count). The molecular weight excluding hydrogens is 372 g/mol. The molecule has 0 saturated heterocycles. The standard InChI is InChI=1S/C21H22N4O4/c1-13(26)23-20-10-15(12-22-20)14-4-6-16(7-5-14)24-21(27)25-17-8-9-18(28-2)19(11-17)29-3/h4-12,22H,1-3H3,(H,23,26)(H2,24,25,27). The van der Waals surface area contributed by atoms with Gasteiger partial charge in [-0.1, -0.05) is 12.1 Å². The molecule has 0 spiro atoms. The topological polar surface area (TPSA) is 104 Å². The molecule has 2 aromatic carbocycles. The molecule has 0 unspecified atom stereocenters. The van der Waals surface area contributed by atoms with Gasteiger partial charge in [0.05, 0.1) is 14.2 Å². The second kappa shape index (κ2) is 8.83. The van der Waals surface area contributed by atoms with Crippen molar-refractivity contribution in [2.24, 2.45) is 0 Å². The van der Waals surface area contributed by atoms with Crippen LogP contribution >= 0.6 is 0 Å². The van der Waals surface area contributed by atoms with E-state index >= 15 is 0 Å². The number of urea groups is 1. The first-order valence-electron chi connectivity index (χ1n) is 8.85. The molecule has 0 bridgehead atoms. The van der Waals surface area contributed by atoms with E-state index in [1.54, 1.807) is 43.6 Å². The number of anilines is 3. The number of aromatic nitrogens is 1. The summed E-state index contributed by atoms with van der Waals surface area (Å²) < 4.78 is 10.4. The Labute approximate surface area is 168 Å². The van der Waals surface area contributed by atoms with Crippen LogP contribution in [-0.2, 0) is 4.79 Å². The zero-order valence-corrected chi connectivity index (χ0v) is 16.3. The molecule has 1 aromatic heterocycles. The maximum Gasteiger partial charge on any atom is 0.323 e. The number of hydrogen-bond donors (Lipinski definition) is 4.